The highest BCUT2D eigenvalue weighted by atomic mass is 32.2. The van der Waals surface area contributed by atoms with Gasteiger partial charge in [-0.1, -0.05) is 48.6 Å². The number of carbonyl (C=O) groups is 1. The molecular formula is C14H14OS. The van der Waals surface area contributed by atoms with E-state index in [0.29, 0.717) is 0 Å². The maximum atomic E-state index is 12.1. The maximum absolute atomic E-state index is 12.1. The molecule has 16 heavy (non-hydrogen) atoms. The van der Waals surface area contributed by atoms with Gasteiger partial charge < -0.3 is 0 Å². The number of rotatable bonds is 3. The lowest BCUT2D eigenvalue weighted by Gasteiger charge is -2.14. The molecule has 0 spiro atoms. The Kier molecular flexibility index (Phi) is 3.62. The van der Waals surface area contributed by atoms with E-state index < -0.39 is 0 Å². The van der Waals surface area contributed by atoms with Crippen molar-refractivity contribution < 1.29 is 4.79 Å². The highest BCUT2D eigenvalue weighted by Gasteiger charge is 2.18. The van der Waals surface area contributed by atoms with Gasteiger partial charge in [-0.25, -0.2) is 0 Å². The summed E-state index contributed by atoms with van der Waals surface area (Å²) in [7, 11) is 0. The predicted molar refractivity (Wildman–Crippen MR) is 69.6 cm³/mol. The fourth-order valence-corrected chi connectivity index (χ4v) is 2.24. The summed E-state index contributed by atoms with van der Waals surface area (Å²) < 4.78 is 0. The van der Waals surface area contributed by atoms with Gasteiger partial charge in [0, 0.05) is 16.4 Å². The van der Waals surface area contributed by atoms with Crippen molar-refractivity contribution in [3.8, 4) is 0 Å². The number of hydrogen-bond acceptors (Lipinski definition) is 2. The van der Waals surface area contributed by atoms with E-state index in [-0.39, 0.29) is 11.7 Å². The van der Waals surface area contributed by atoms with Gasteiger partial charge in [-0.05, 0) is 12.7 Å². The quantitative estimate of drug-likeness (QED) is 0.737. The molecule has 0 bridgehead atoms. The van der Waals surface area contributed by atoms with Crippen molar-refractivity contribution in [1.29, 1.82) is 0 Å². The van der Waals surface area contributed by atoms with Crippen LogP contribution in [-0.2, 0) is 0 Å². The number of Topliss-reactive ketones (excluding diaryl/α,β-unsaturated/α-hetero) is 1. The van der Waals surface area contributed by atoms with Gasteiger partial charge in [0.25, 0.3) is 0 Å². The van der Waals surface area contributed by atoms with E-state index in [4.69, 9.17) is 0 Å². The molecule has 0 radical (unpaired) electrons. The third kappa shape index (κ3) is 2.45. The molecule has 0 heterocycles. The molecule has 0 aliphatic heterocycles. The zero-order chi connectivity index (χ0) is 11.4. The summed E-state index contributed by atoms with van der Waals surface area (Å²) in [6.07, 6.45) is 9.06. The van der Waals surface area contributed by atoms with Gasteiger partial charge in [0.2, 0.25) is 0 Å². The van der Waals surface area contributed by atoms with Crippen molar-refractivity contribution in [2.45, 2.75) is 6.42 Å². The number of ketones is 1. The van der Waals surface area contributed by atoms with Gasteiger partial charge in [0.1, 0.15) is 0 Å². The third-order valence-electron chi connectivity index (χ3n) is 2.70. The Bertz CT molecular complexity index is 431. The molecule has 1 nitrogen and oxygen atoms in total. The van der Waals surface area contributed by atoms with Gasteiger partial charge in [-0.2, -0.15) is 0 Å². The second-order valence-corrected chi connectivity index (χ2v) is 4.62. The number of thioether (sulfide) groups is 1. The third-order valence-corrected chi connectivity index (χ3v) is 3.47. The Labute approximate surface area is 100 Å². The van der Waals surface area contributed by atoms with Crippen molar-refractivity contribution in [3.05, 3.63) is 59.0 Å². The van der Waals surface area contributed by atoms with Crippen LogP contribution in [0, 0.1) is 5.92 Å². The standard InChI is InChI=1S/C14H14OS/c1-16-13-9-7-12(8-10-13)14(15)11-5-3-2-4-6-11/h2-7,9-10,12H,8H2,1H3. The minimum atomic E-state index is 0.0123. The van der Waals surface area contributed by atoms with Crippen molar-refractivity contribution in [2.24, 2.45) is 5.92 Å². The maximum Gasteiger partial charge on any atom is 0.170 e. The summed E-state index contributed by atoms with van der Waals surface area (Å²) >= 11 is 1.72. The van der Waals surface area contributed by atoms with Crippen LogP contribution in [0.1, 0.15) is 16.8 Å². The molecule has 1 atom stereocenters. The van der Waals surface area contributed by atoms with E-state index in [1.54, 1.807) is 11.8 Å². The summed E-state index contributed by atoms with van der Waals surface area (Å²) in [6.45, 7) is 0. The number of carbonyl (C=O) groups excluding carboxylic acids is 1. The zero-order valence-corrected chi connectivity index (χ0v) is 10.0. The number of hydrogen-bond donors (Lipinski definition) is 0. The molecular weight excluding hydrogens is 216 g/mol. The molecule has 2 heteroatoms. The molecule has 1 unspecified atom stereocenters. The van der Waals surface area contributed by atoms with Crippen LogP contribution in [0.5, 0.6) is 0 Å². The summed E-state index contributed by atoms with van der Waals surface area (Å²) in [5.74, 6) is 0.228. The summed E-state index contributed by atoms with van der Waals surface area (Å²) in [5, 5.41) is 0. The highest BCUT2D eigenvalue weighted by Crippen LogP contribution is 2.25. The predicted octanol–water partition coefficient (Wildman–Crippen LogP) is 3.69. The Morgan fingerprint density at radius 2 is 2.06 bits per heavy atom. The molecule has 0 fully saturated rings. The van der Waals surface area contributed by atoms with Gasteiger partial charge in [-0.15, -0.1) is 11.8 Å². The molecule has 0 N–H and O–H groups in total. The van der Waals surface area contributed by atoms with Crippen LogP contribution in [0.15, 0.2) is 53.5 Å². The second-order valence-electron chi connectivity index (χ2n) is 3.74. The first-order chi connectivity index (χ1) is 7.81. The van der Waals surface area contributed by atoms with E-state index >= 15 is 0 Å². The minimum Gasteiger partial charge on any atom is -0.294 e. The number of benzene rings is 1. The molecule has 1 aliphatic carbocycles. The molecule has 0 saturated carbocycles. The van der Waals surface area contributed by atoms with Crippen LogP contribution in [0.2, 0.25) is 0 Å². The second kappa shape index (κ2) is 5.17. The first-order valence-corrected chi connectivity index (χ1v) is 6.55. The highest BCUT2D eigenvalue weighted by molar-refractivity contribution is 8.02. The normalized spacial score (nSPS) is 19.3. The first-order valence-electron chi connectivity index (χ1n) is 5.33. The summed E-state index contributed by atoms with van der Waals surface area (Å²) in [4.78, 5) is 13.4. The molecule has 1 aromatic rings. The molecule has 0 amide bonds. The lowest BCUT2D eigenvalue weighted by molar-refractivity contribution is 0.0945. The van der Waals surface area contributed by atoms with Crippen molar-refractivity contribution in [3.63, 3.8) is 0 Å². The lowest BCUT2D eigenvalue weighted by atomic mass is 9.92. The minimum absolute atomic E-state index is 0.0123. The van der Waals surface area contributed by atoms with Gasteiger partial charge >= 0.3 is 0 Å². The first kappa shape index (κ1) is 11.2. The van der Waals surface area contributed by atoms with Crippen LogP contribution in [0.4, 0.5) is 0 Å². The molecule has 1 aromatic carbocycles. The van der Waals surface area contributed by atoms with Crippen LogP contribution >= 0.6 is 11.8 Å². The van der Waals surface area contributed by atoms with E-state index in [1.165, 1.54) is 4.91 Å². The largest absolute Gasteiger partial charge is 0.294 e. The molecule has 2 rings (SSSR count). The van der Waals surface area contributed by atoms with Gasteiger partial charge in [0.15, 0.2) is 5.78 Å². The van der Waals surface area contributed by atoms with Crippen LogP contribution in [-0.4, -0.2) is 12.0 Å². The van der Waals surface area contributed by atoms with Gasteiger partial charge in [0.05, 0.1) is 0 Å². The molecule has 82 valence electrons. The average Bonchev–Trinajstić information content (AvgIpc) is 2.39. The van der Waals surface area contributed by atoms with Crippen LogP contribution < -0.4 is 0 Å². The number of allylic oxidation sites excluding steroid dienone is 3. The van der Waals surface area contributed by atoms with Crippen molar-refractivity contribution in [2.75, 3.05) is 6.26 Å². The smallest absolute Gasteiger partial charge is 0.170 e. The van der Waals surface area contributed by atoms with Crippen LogP contribution in [0.25, 0.3) is 0 Å². The zero-order valence-electron chi connectivity index (χ0n) is 9.22. The molecule has 0 saturated heterocycles. The Hall–Kier alpha value is -1.28. The van der Waals surface area contributed by atoms with Gasteiger partial charge in [-0.3, -0.25) is 4.79 Å². The Morgan fingerprint density at radius 1 is 1.31 bits per heavy atom. The Balaban J connectivity index is 2.09. The Morgan fingerprint density at radius 3 is 2.62 bits per heavy atom. The van der Waals surface area contributed by atoms with E-state index in [1.807, 2.05) is 42.5 Å². The molecule has 0 aromatic heterocycles. The van der Waals surface area contributed by atoms with E-state index in [0.717, 1.165) is 12.0 Å². The summed E-state index contributed by atoms with van der Waals surface area (Å²) in [6, 6.07) is 9.50. The summed E-state index contributed by atoms with van der Waals surface area (Å²) in [5.41, 5.74) is 0.804. The van der Waals surface area contributed by atoms with E-state index in [9.17, 15) is 4.79 Å². The lowest BCUT2D eigenvalue weighted by Crippen LogP contribution is -2.13. The van der Waals surface area contributed by atoms with Crippen molar-refractivity contribution in [1.82, 2.24) is 0 Å². The monoisotopic (exact) mass is 230 g/mol. The topological polar surface area (TPSA) is 17.1 Å². The molecule has 1 aliphatic rings. The fraction of sp³-hybridized carbons (Fsp3) is 0.214. The van der Waals surface area contributed by atoms with Crippen LogP contribution in [0.3, 0.4) is 0 Å². The fourth-order valence-electron chi connectivity index (χ4n) is 1.76. The van der Waals surface area contributed by atoms with Crippen molar-refractivity contribution >= 4 is 17.5 Å². The SMILES string of the molecule is CSC1=CCC(C(=O)c2ccccc2)C=C1. The average molecular weight is 230 g/mol. The van der Waals surface area contributed by atoms with E-state index in [2.05, 4.69) is 12.3 Å².